The van der Waals surface area contributed by atoms with E-state index in [9.17, 15) is 5.26 Å². The van der Waals surface area contributed by atoms with Gasteiger partial charge in [-0.15, -0.1) is 0 Å². The Morgan fingerprint density at radius 3 is 2.83 bits per heavy atom. The molecule has 1 aromatic carbocycles. The smallest absolute Gasteiger partial charge is 0.101 e. The summed E-state index contributed by atoms with van der Waals surface area (Å²) >= 11 is 0. The lowest BCUT2D eigenvalue weighted by Gasteiger charge is -2.20. The molecule has 0 aromatic heterocycles. The Morgan fingerprint density at radius 2 is 2.22 bits per heavy atom. The molecule has 0 radical (unpaired) electrons. The first kappa shape index (κ1) is 14.5. The minimum absolute atomic E-state index is 0.677. The van der Waals surface area contributed by atoms with Gasteiger partial charge in [-0.3, -0.25) is 0 Å². The van der Waals surface area contributed by atoms with Crippen LogP contribution >= 0.6 is 0 Å². The number of rotatable bonds is 7. The fourth-order valence-corrected chi connectivity index (χ4v) is 1.79. The zero-order valence-electron chi connectivity index (χ0n) is 11.4. The molecule has 18 heavy (non-hydrogen) atoms. The minimum atomic E-state index is 0.677. The van der Waals surface area contributed by atoms with Crippen molar-refractivity contribution in [2.45, 2.75) is 13.5 Å². The summed E-state index contributed by atoms with van der Waals surface area (Å²) in [5.74, 6) is 0. The largest absolute Gasteiger partial charge is 0.380 e. The van der Waals surface area contributed by atoms with Crippen LogP contribution in [0.15, 0.2) is 18.2 Å². The number of nitrogens with one attached hydrogen (secondary N) is 1. The molecule has 0 aliphatic carbocycles. The molecule has 1 aromatic rings. The lowest BCUT2D eigenvalue weighted by Crippen LogP contribution is -2.23. The van der Waals surface area contributed by atoms with Crippen LogP contribution in [0.1, 0.15) is 18.1 Å². The number of anilines is 1. The second-order valence-corrected chi connectivity index (χ2v) is 4.11. The molecule has 98 valence electrons. The molecule has 0 unspecified atom stereocenters. The van der Waals surface area contributed by atoms with Crippen molar-refractivity contribution in [3.05, 3.63) is 29.3 Å². The second kappa shape index (κ2) is 7.70. The van der Waals surface area contributed by atoms with Crippen LogP contribution < -0.4 is 10.2 Å². The normalized spacial score (nSPS) is 10.1. The maximum atomic E-state index is 9.20. The van der Waals surface area contributed by atoms with Gasteiger partial charge in [-0.1, -0.05) is 6.07 Å². The molecular weight excluding hydrogens is 226 g/mol. The highest BCUT2D eigenvalue weighted by atomic mass is 16.5. The highest BCUT2D eigenvalue weighted by molar-refractivity contribution is 5.60. The average molecular weight is 247 g/mol. The molecule has 0 atom stereocenters. The van der Waals surface area contributed by atoms with Crippen molar-refractivity contribution in [3.63, 3.8) is 0 Å². The van der Waals surface area contributed by atoms with Gasteiger partial charge in [-0.2, -0.15) is 5.26 Å². The summed E-state index contributed by atoms with van der Waals surface area (Å²) in [6.45, 7) is 4.94. The summed E-state index contributed by atoms with van der Waals surface area (Å²) in [5, 5.41) is 12.3. The van der Waals surface area contributed by atoms with Crippen LogP contribution in [0.3, 0.4) is 0 Å². The number of nitriles is 1. The fourth-order valence-electron chi connectivity index (χ4n) is 1.79. The number of hydrogen-bond donors (Lipinski definition) is 1. The molecule has 0 saturated heterocycles. The summed E-state index contributed by atoms with van der Waals surface area (Å²) in [7, 11) is 3.88. The van der Waals surface area contributed by atoms with Crippen molar-refractivity contribution in [3.8, 4) is 6.07 Å². The van der Waals surface area contributed by atoms with Gasteiger partial charge in [0, 0.05) is 26.7 Å². The zero-order chi connectivity index (χ0) is 13.4. The van der Waals surface area contributed by atoms with Crippen molar-refractivity contribution < 1.29 is 4.74 Å². The van der Waals surface area contributed by atoms with Gasteiger partial charge in [-0.05, 0) is 31.7 Å². The maximum Gasteiger partial charge on any atom is 0.101 e. The molecule has 0 spiro atoms. The van der Waals surface area contributed by atoms with Crippen LogP contribution in [0.2, 0.25) is 0 Å². The molecule has 4 nitrogen and oxygen atoms in total. The third kappa shape index (κ3) is 4.02. The Bertz CT molecular complexity index is 412. The van der Waals surface area contributed by atoms with Crippen LogP contribution in [0.4, 0.5) is 5.69 Å². The highest BCUT2D eigenvalue weighted by Crippen LogP contribution is 2.20. The first-order chi connectivity index (χ1) is 8.72. The molecule has 0 amide bonds. The van der Waals surface area contributed by atoms with E-state index in [-0.39, 0.29) is 0 Å². The van der Waals surface area contributed by atoms with Crippen LogP contribution in [-0.2, 0) is 11.3 Å². The molecular formula is C14H21N3O. The Labute approximate surface area is 109 Å². The van der Waals surface area contributed by atoms with Gasteiger partial charge >= 0.3 is 0 Å². The molecule has 0 aliphatic heterocycles. The van der Waals surface area contributed by atoms with E-state index < -0.39 is 0 Å². The van der Waals surface area contributed by atoms with Gasteiger partial charge in [0.15, 0.2) is 0 Å². The molecule has 0 bridgehead atoms. The van der Waals surface area contributed by atoms with E-state index in [1.54, 1.807) is 0 Å². The van der Waals surface area contributed by atoms with Crippen molar-refractivity contribution in [2.75, 3.05) is 38.8 Å². The highest BCUT2D eigenvalue weighted by Gasteiger charge is 2.08. The van der Waals surface area contributed by atoms with Crippen molar-refractivity contribution >= 4 is 5.69 Å². The molecule has 0 fully saturated rings. The maximum absolute atomic E-state index is 9.20. The molecule has 1 N–H and O–H groups in total. The van der Waals surface area contributed by atoms with E-state index >= 15 is 0 Å². The molecule has 1 rings (SSSR count). The van der Waals surface area contributed by atoms with Gasteiger partial charge in [0.2, 0.25) is 0 Å². The van der Waals surface area contributed by atoms with Gasteiger partial charge in [0.05, 0.1) is 17.9 Å². The Kier molecular flexibility index (Phi) is 6.20. The number of likely N-dealkylation sites (N-methyl/N-ethyl adjacent to an activating group) is 1. The third-order valence-corrected chi connectivity index (χ3v) is 2.75. The van der Waals surface area contributed by atoms with Gasteiger partial charge in [-0.25, -0.2) is 0 Å². The molecule has 0 aliphatic rings. The van der Waals surface area contributed by atoms with E-state index in [1.807, 2.05) is 39.2 Å². The SMILES string of the molecule is CCOCCN(C)c1ccc(CNC)cc1C#N. The quantitative estimate of drug-likeness (QED) is 0.746. The molecule has 0 saturated carbocycles. The number of ether oxygens (including phenoxy) is 1. The Morgan fingerprint density at radius 1 is 1.44 bits per heavy atom. The Balaban J connectivity index is 2.78. The average Bonchev–Trinajstić information content (AvgIpc) is 2.39. The number of nitrogens with zero attached hydrogens (tertiary/aromatic N) is 2. The van der Waals surface area contributed by atoms with Crippen molar-refractivity contribution in [2.24, 2.45) is 0 Å². The first-order valence-electron chi connectivity index (χ1n) is 6.19. The van der Waals surface area contributed by atoms with Crippen molar-refractivity contribution in [1.29, 1.82) is 5.26 Å². The topological polar surface area (TPSA) is 48.3 Å². The number of benzene rings is 1. The minimum Gasteiger partial charge on any atom is -0.380 e. The molecule has 0 heterocycles. The lowest BCUT2D eigenvalue weighted by atomic mass is 10.1. The lowest BCUT2D eigenvalue weighted by molar-refractivity contribution is 0.154. The fraction of sp³-hybridized carbons (Fsp3) is 0.500. The zero-order valence-corrected chi connectivity index (χ0v) is 11.4. The van der Waals surface area contributed by atoms with Crippen LogP contribution in [-0.4, -0.2) is 33.9 Å². The van der Waals surface area contributed by atoms with E-state index in [0.29, 0.717) is 12.2 Å². The monoisotopic (exact) mass is 247 g/mol. The van der Waals surface area contributed by atoms with Crippen LogP contribution in [0, 0.1) is 11.3 Å². The van der Waals surface area contributed by atoms with Crippen LogP contribution in [0.5, 0.6) is 0 Å². The van der Waals surface area contributed by atoms with Gasteiger partial charge in [0.25, 0.3) is 0 Å². The van der Waals surface area contributed by atoms with E-state index in [2.05, 4.69) is 16.3 Å². The van der Waals surface area contributed by atoms with Gasteiger partial charge in [0.1, 0.15) is 6.07 Å². The number of hydrogen-bond acceptors (Lipinski definition) is 4. The van der Waals surface area contributed by atoms with Crippen LogP contribution in [0.25, 0.3) is 0 Å². The first-order valence-corrected chi connectivity index (χ1v) is 6.19. The van der Waals surface area contributed by atoms with E-state index in [0.717, 1.165) is 30.9 Å². The summed E-state index contributed by atoms with van der Waals surface area (Å²) < 4.78 is 5.33. The standard InChI is InChI=1S/C14H21N3O/c1-4-18-8-7-17(3)14-6-5-12(11-16-2)9-13(14)10-15/h5-6,9,16H,4,7-8,11H2,1-3H3. The summed E-state index contributed by atoms with van der Waals surface area (Å²) in [6, 6.07) is 8.23. The van der Waals surface area contributed by atoms with Gasteiger partial charge < -0.3 is 15.0 Å². The predicted molar refractivity (Wildman–Crippen MR) is 73.7 cm³/mol. The molecule has 4 heteroatoms. The third-order valence-electron chi connectivity index (χ3n) is 2.75. The summed E-state index contributed by atoms with van der Waals surface area (Å²) in [4.78, 5) is 2.05. The van der Waals surface area contributed by atoms with E-state index in [4.69, 9.17) is 4.74 Å². The predicted octanol–water partition coefficient (Wildman–Crippen LogP) is 1.75. The Hall–Kier alpha value is -1.57. The summed E-state index contributed by atoms with van der Waals surface area (Å²) in [5.41, 5.74) is 2.79. The van der Waals surface area contributed by atoms with E-state index in [1.165, 1.54) is 0 Å². The van der Waals surface area contributed by atoms with Crippen molar-refractivity contribution in [1.82, 2.24) is 5.32 Å². The summed E-state index contributed by atoms with van der Waals surface area (Å²) in [6.07, 6.45) is 0. The second-order valence-electron chi connectivity index (χ2n) is 4.11.